The Labute approximate surface area is 156 Å². The van der Waals surface area contributed by atoms with E-state index in [-0.39, 0.29) is 18.4 Å². The summed E-state index contributed by atoms with van der Waals surface area (Å²) in [6.07, 6.45) is 0.685. The molecule has 27 heavy (non-hydrogen) atoms. The average molecular weight is 361 g/mol. The SMILES string of the molecule is O=C(Nc1cccc2cccnc12)[C@@H]1CN(C(=O)O)C[C@@H]1c1ccccc1. The molecular weight excluding hydrogens is 342 g/mol. The number of amides is 2. The van der Waals surface area contributed by atoms with Crippen LogP contribution in [0.4, 0.5) is 10.5 Å². The lowest BCUT2D eigenvalue weighted by Gasteiger charge is -2.18. The zero-order valence-electron chi connectivity index (χ0n) is 14.6. The van der Waals surface area contributed by atoms with Gasteiger partial charge in [-0.25, -0.2) is 4.79 Å². The zero-order valence-corrected chi connectivity index (χ0v) is 14.6. The fraction of sp³-hybridized carbons (Fsp3) is 0.190. The minimum Gasteiger partial charge on any atom is -0.465 e. The molecule has 1 aromatic heterocycles. The van der Waals surface area contributed by atoms with Crippen LogP contribution < -0.4 is 5.32 Å². The molecule has 2 aromatic carbocycles. The van der Waals surface area contributed by atoms with E-state index in [9.17, 15) is 14.7 Å². The van der Waals surface area contributed by atoms with Gasteiger partial charge >= 0.3 is 6.09 Å². The second-order valence-corrected chi connectivity index (χ2v) is 6.68. The van der Waals surface area contributed by atoms with Gasteiger partial charge in [0.15, 0.2) is 0 Å². The van der Waals surface area contributed by atoms with Crippen molar-refractivity contribution >= 4 is 28.6 Å². The first-order chi connectivity index (χ1) is 13.1. The van der Waals surface area contributed by atoms with Gasteiger partial charge in [-0.15, -0.1) is 0 Å². The highest BCUT2D eigenvalue weighted by molar-refractivity contribution is 6.01. The highest BCUT2D eigenvalue weighted by Gasteiger charge is 2.40. The molecule has 1 fully saturated rings. The van der Waals surface area contributed by atoms with Gasteiger partial charge in [0.2, 0.25) is 5.91 Å². The average Bonchev–Trinajstić information content (AvgIpc) is 3.15. The number of hydrogen-bond donors (Lipinski definition) is 2. The Bertz CT molecular complexity index is 985. The quantitative estimate of drug-likeness (QED) is 0.747. The molecule has 1 aliphatic heterocycles. The minimum atomic E-state index is -1.00. The van der Waals surface area contributed by atoms with E-state index in [0.29, 0.717) is 12.2 Å². The predicted octanol–water partition coefficient (Wildman–Crippen LogP) is 3.57. The predicted molar refractivity (Wildman–Crippen MR) is 103 cm³/mol. The largest absolute Gasteiger partial charge is 0.465 e. The van der Waals surface area contributed by atoms with E-state index in [0.717, 1.165) is 16.5 Å². The number of fused-ring (bicyclic) bond motifs is 1. The fourth-order valence-electron chi connectivity index (χ4n) is 3.69. The third kappa shape index (κ3) is 3.33. The highest BCUT2D eigenvalue weighted by atomic mass is 16.4. The number of carbonyl (C=O) groups is 2. The van der Waals surface area contributed by atoms with Gasteiger partial charge < -0.3 is 15.3 Å². The molecule has 4 rings (SSSR count). The van der Waals surface area contributed by atoms with Crippen LogP contribution >= 0.6 is 0 Å². The van der Waals surface area contributed by atoms with Crippen LogP contribution in [0.2, 0.25) is 0 Å². The first-order valence-corrected chi connectivity index (χ1v) is 8.81. The molecular formula is C21H19N3O3. The van der Waals surface area contributed by atoms with Crippen molar-refractivity contribution in [2.75, 3.05) is 18.4 Å². The van der Waals surface area contributed by atoms with Crippen LogP contribution in [-0.4, -0.2) is 40.1 Å². The van der Waals surface area contributed by atoms with Crippen LogP contribution in [0.1, 0.15) is 11.5 Å². The van der Waals surface area contributed by atoms with Crippen LogP contribution in [0, 0.1) is 5.92 Å². The summed E-state index contributed by atoms with van der Waals surface area (Å²) in [5.74, 6) is -0.821. The summed E-state index contributed by atoms with van der Waals surface area (Å²) in [6.45, 7) is 0.490. The fourth-order valence-corrected chi connectivity index (χ4v) is 3.69. The van der Waals surface area contributed by atoms with Gasteiger partial charge in [0.25, 0.3) is 0 Å². The normalized spacial score (nSPS) is 19.2. The summed E-state index contributed by atoms with van der Waals surface area (Å²) in [5, 5.41) is 13.3. The number of rotatable bonds is 3. The lowest BCUT2D eigenvalue weighted by Crippen LogP contribution is -2.30. The number of pyridine rings is 1. The molecule has 0 radical (unpaired) electrons. The third-order valence-corrected chi connectivity index (χ3v) is 5.05. The lowest BCUT2D eigenvalue weighted by atomic mass is 9.88. The number of benzene rings is 2. The smallest absolute Gasteiger partial charge is 0.407 e. The Morgan fingerprint density at radius 1 is 1.00 bits per heavy atom. The molecule has 2 heterocycles. The second kappa shape index (κ2) is 7.07. The molecule has 0 spiro atoms. The van der Waals surface area contributed by atoms with Crippen molar-refractivity contribution < 1.29 is 14.7 Å². The van der Waals surface area contributed by atoms with Crippen LogP contribution in [0.3, 0.4) is 0 Å². The van der Waals surface area contributed by atoms with Gasteiger partial charge in [-0.05, 0) is 17.7 Å². The van der Waals surface area contributed by atoms with Crippen molar-refractivity contribution in [3.63, 3.8) is 0 Å². The molecule has 6 nitrogen and oxygen atoms in total. The number of anilines is 1. The van der Waals surface area contributed by atoms with E-state index in [4.69, 9.17) is 0 Å². The van der Waals surface area contributed by atoms with Crippen LogP contribution in [0.5, 0.6) is 0 Å². The molecule has 1 aliphatic rings. The molecule has 3 aromatic rings. The Balaban J connectivity index is 1.63. The number of carboxylic acid groups (broad SMARTS) is 1. The van der Waals surface area contributed by atoms with Crippen molar-refractivity contribution in [3.05, 3.63) is 72.4 Å². The van der Waals surface area contributed by atoms with Gasteiger partial charge in [-0.3, -0.25) is 9.78 Å². The molecule has 2 amide bonds. The minimum absolute atomic E-state index is 0.176. The molecule has 136 valence electrons. The molecule has 0 bridgehead atoms. The maximum Gasteiger partial charge on any atom is 0.407 e. The first kappa shape index (κ1) is 17.0. The summed E-state index contributed by atoms with van der Waals surface area (Å²) in [5.41, 5.74) is 2.33. The van der Waals surface area contributed by atoms with Crippen LogP contribution in [-0.2, 0) is 4.79 Å². The van der Waals surface area contributed by atoms with Gasteiger partial charge in [0.05, 0.1) is 17.1 Å². The number of carbonyl (C=O) groups excluding carboxylic acids is 1. The van der Waals surface area contributed by atoms with Gasteiger partial charge in [0, 0.05) is 30.6 Å². The number of hydrogen-bond acceptors (Lipinski definition) is 3. The lowest BCUT2D eigenvalue weighted by molar-refractivity contribution is -0.119. The van der Waals surface area contributed by atoms with Gasteiger partial charge in [-0.1, -0.05) is 48.5 Å². The van der Waals surface area contributed by atoms with Crippen molar-refractivity contribution in [3.8, 4) is 0 Å². The highest BCUT2D eigenvalue weighted by Crippen LogP contribution is 2.34. The van der Waals surface area contributed by atoms with Crippen molar-refractivity contribution in [1.82, 2.24) is 9.88 Å². The van der Waals surface area contributed by atoms with Crippen molar-refractivity contribution in [2.45, 2.75) is 5.92 Å². The van der Waals surface area contributed by atoms with Crippen LogP contribution in [0.25, 0.3) is 10.9 Å². The Hall–Kier alpha value is -3.41. The summed E-state index contributed by atoms with van der Waals surface area (Å²) in [4.78, 5) is 30.2. The van der Waals surface area contributed by atoms with Crippen molar-refractivity contribution in [2.24, 2.45) is 5.92 Å². The Morgan fingerprint density at radius 2 is 1.78 bits per heavy atom. The van der Waals surface area contributed by atoms with E-state index in [1.807, 2.05) is 60.7 Å². The molecule has 0 aliphatic carbocycles. The molecule has 1 saturated heterocycles. The molecule has 0 saturated carbocycles. The summed E-state index contributed by atoms with van der Waals surface area (Å²) >= 11 is 0. The van der Waals surface area contributed by atoms with E-state index in [1.54, 1.807) is 6.20 Å². The molecule has 2 N–H and O–H groups in total. The van der Waals surface area contributed by atoms with E-state index in [1.165, 1.54) is 4.90 Å². The molecule has 0 unspecified atom stereocenters. The number of aromatic nitrogens is 1. The number of nitrogens with one attached hydrogen (secondary N) is 1. The Kier molecular flexibility index (Phi) is 4.46. The summed E-state index contributed by atoms with van der Waals surface area (Å²) < 4.78 is 0. The van der Waals surface area contributed by atoms with E-state index < -0.39 is 12.0 Å². The number of likely N-dealkylation sites (tertiary alicyclic amines) is 1. The van der Waals surface area contributed by atoms with Crippen LogP contribution in [0.15, 0.2) is 66.9 Å². The monoisotopic (exact) mass is 361 g/mol. The Morgan fingerprint density at radius 3 is 2.56 bits per heavy atom. The topological polar surface area (TPSA) is 82.5 Å². The van der Waals surface area contributed by atoms with Gasteiger partial charge in [-0.2, -0.15) is 0 Å². The first-order valence-electron chi connectivity index (χ1n) is 8.81. The van der Waals surface area contributed by atoms with E-state index in [2.05, 4.69) is 10.3 Å². The summed E-state index contributed by atoms with van der Waals surface area (Å²) in [7, 11) is 0. The maximum absolute atomic E-state index is 13.1. The van der Waals surface area contributed by atoms with Crippen molar-refractivity contribution in [1.29, 1.82) is 0 Å². The maximum atomic E-state index is 13.1. The number of para-hydroxylation sites is 1. The second-order valence-electron chi connectivity index (χ2n) is 6.68. The molecule has 2 atom stereocenters. The number of nitrogens with zero attached hydrogens (tertiary/aromatic N) is 2. The molecule has 6 heteroatoms. The van der Waals surface area contributed by atoms with E-state index >= 15 is 0 Å². The van der Waals surface area contributed by atoms with Gasteiger partial charge in [0.1, 0.15) is 0 Å². The standard InChI is InChI=1S/C21H19N3O3/c25-20(23-18-10-4-8-15-9-5-11-22-19(15)18)17-13-24(21(26)27)12-16(17)14-6-2-1-3-7-14/h1-11,16-17H,12-13H2,(H,23,25)(H,26,27)/t16-,17-/m1/s1. The zero-order chi connectivity index (χ0) is 18.8. The summed E-state index contributed by atoms with van der Waals surface area (Å²) in [6, 6.07) is 19.0. The third-order valence-electron chi connectivity index (χ3n) is 5.05.